The number of hydrogen-bond donors (Lipinski definition) is 1. The number of sulfonamides is 1. The molecule has 1 fully saturated rings. The Morgan fingerprint density at radius 3 is 2.56 bits per heavy atom. The van der Waals surface area contributed by atoms with E-state index in [0.29, 0.717) is 24.3 Å². The van der Waals surface area contributed by atoms with Crippen LogP contribution in [0, 0.1) is 0 Å². The lowest BCUT2D eigenvalue weighted by molar-refractivity contribution is 0.522. The van der Waals surface area contributed by atoms with E-state index in [1.165, 1.54) is 0 Å². The fraction of sp³-hybridized carbons (Fsp3) is 0.455. The quantitative estimate of drug-likeness (QED) is 0.900. The van der Waals surface area contributed by atoms with Crippen LogP contribution in [0.25, 0.3) is 0 Å². The molecule has 0 amide bonds. The number of rotatable bonds is 3. The van der Waals surface area contributed by atoms with Gasteiger partial charge in [-0.15, -0.1) is 0 Å². The number of hydrogen-bond acceptors (Lipinski definition) is 3. The van der Waals surface area contributed by atoms with Crippen LogP contribution in [0.5, 0.6) is 0 Å². The summed E-state index contributed by atoms with van der Waals surface area (Å²) in [7, 11) is -4.26. The van der Waals surface area contributed by atoms with E-state index in [1.54, 1.807) is 24.3 Å². The molecule has 100 valence electrons. The van der Waals surface area contributed by atoms with Crippen molar-refractivity contribution < 1.29 is 12.6 Å². The number of halogens is 1. The van der Waals surface area contributed by atoms with Gasteiger partial charge in [0, 0.05) is 32.8 Å². The Balaban J connectivity index is 2.10. The van der Waals surface area contributed by atoms with E-state index in [1.807, 2.05) is 0 Å². The minimum absolute atomic E-state index is 0.105. The molecular weight excluding hydrogens is 338 g/mol. The van der Waals surface area contributed by atoms with Crippen molar-refractivity contribution in [2.24, 2.45) is 0 Å². The molecule has 1 heterocycles. The molecule has 0 aliphatic carbocycles. The van der Waals surface area contributed by atoms with Gasteiger partial charge in [-0.25, -0.2) is 13.1 Å². The first kappa shape index (κ1) is 14.2. The lowest BCUT2D eigenvalue weighted by atomic mass is 10.2. The highest BCUT2D eigenvalue weighted by Crippen LogP contribution is 2.18. The molecule has 0 radical (unpaired) electrons. The third kappa shape index (κ3) is 3.63. The second-order valence-corrected chi connectivity index (χ2v) is 8.53. The van der Waals surface area contributed by atoms with Gasteiger partial charge in [-0.3, -0.25) is 4.21 Å². The molecule has 1 saturated heterocycles. The van der Waals surface area contributed by atoms with Gasteiger partial charge in [0.2, 0.25) is 10.0 Å². The second-order valence-electron chi connectivity index (χ2n) is 4.20. The molecule has 0 atom stereocenters. The molecule has 7 heteroatoms. The molecule has 0 spiro atoms. The standard InChI is InChI=1S/C11H14BrNO3S2/c12-9-2-1-3-11(8-9)18(15,16)13-10-4-6-17(14)7-5-10/h1-3,8,10,13H,4-7H2. The van der Waals surface area contributed by atoms with Gasteiger partial charge in [0.05, 0.1) is 4.90 Å². The number of nitrogens with one attached hydrogen (secondary N) is 1. The van der Waals surface area contributed by atoms with Crippen LogP contribution < -0.4 is 4.72 Å². The molecule has 1 aliphatic rings. The van der Waals surface area contributed by atoms with Crippen LogP contribution in [0.2, 0.25) is 0 Å². The zero-order chi connectivity index (χ0) is 13.2. The Labute approximate surface area is 118 Å². The third-order valence-electron chi connectivity index (χ3n) is 2.82. The summed E-state index contributed by atoms with van der Waals surface area (Å²) in [6.45, 7) is 0. The number of benzene rings is 1. The van der Waals surface area contributed by atoms with E-state index in [-0.39, 0.29) is 10.9 Å². The van der Waals surface area contributed by atoms with Gasteiger partial charge in [-0.05, 0) is 31.0 Å². The maximum atomic E-state index is 12.1. The van der Waals surface area contributed by atoms with E-state index in [9.17, 15) is 12.6 Å². The van der Waals surface area contributed by atoms with E-state index in [2.05, 4.69) is 20.7 Å². The van der Waals surface area contributed by atoms with Crippen molar-refractivity contribution >= 4 is 36.8 Å². The summed E-state index contributed by atoms with van der Waals surface area (Å²) in [5.74, 6) is 1.15. The van der Waals surface area contributed by atoms with E-state index in [0.717, 1.165) is 4.47 Å². The van der Waals surface area contributed by atoms with Crippen LogP contribution in [0.1, 0.15) is 12.8 Å². The van der Waals surface area contributed by atoms with E-state index in [4.69, 9.17) is 0 Å². The molecule has 0 saturated carbocycles. The molecule has 2 rings (SSSR count). The zero-order valence-electron chi connectivity index (χ0n) is 9.63. The minimum atomic E-state index is -3.48. The first-order chi connectivity index (χ1) is 8.47. The van der Waals surface area contributed by atoms with Gasteiger partial charge in [-0.1, -0.05) is 22.0 Å². The normalized spacial score (nSPS) is 24.9. The SMILES string of the molecule is O=S1CCC(NS(=O)(=O)c2cccc(Br)c2)CC1. The molecule has 0 bridgehead atoms. The minimum Gasteiger partial charge on any atom is -0.260 e. The highest BCUT2D eigenvalue weighted by atomic mass is 79.9. The molecule has 1 aromatic rings. The maximum Gasteiger partial charge on any atom is 0.240 e. The molecule has 1 aromatic carbocycles. The average Bonchev–Trinajstić information content (AvgIpc) is 2.32. The molecule has 0 unspecified atom stereocenters. The van der Waals surface area contributed by atoms with Crippen molar-refractivity contribution in [3.05, 3.63) is 28.7 Å². The van der Waals surface area contributed by atoms with Crippen molar-refractivity contribution in [2.75, 3.05) is 11.5 Å². The summed E-state index contributed by atoms with van der Waals surface area (Å²) >= 11 is 3.26. The van der Waals surface area contributed by atoms with Gasteiger partial charge in [0.1, 0.15) is 0 Å². The molecule has 18 heavy (non-hydrogen) atoms. The highest BCUT2D eigenvalue weighted by molar-refractivity contribution is 9.10. The topological polar surface area (TPSA) is 63.2 Å². The van der Waals surface area contributed by atoms with Crippen molar-refractivity contribution in [2.45, 2.75) is 23.8 Å². The maximum absolute atomic E-state index is 12.1. The van der Waals surface area contributed by atoms with Crippen LogP contribution in [-0.4, -0.2) is 30.2 Å². The Kier molecular flexibility index (Phi) is 4.58. The lowest BCUT2D eigenvalue weighted by Gasteiger charge is -2.22. The van der Waals surface area contributed by atoms with Crippen molar-refractivity contribution in [1.29, 1.82) is 0 Å². The highest BCUT2D eigenvalue weighted by Gasteiger charge is 2.23. The smallest absolute Gasteiger partial charge is 0.240 e. The summed E-state index contributed by atoms with van der Waals surface area (Å²) < 4.78 is 38.9. The van der Waals surface area contributed by atoms with Gasteiger partial charge >= 0.3 is 0 Å². The largest absolute Gasteiger partial charge is 0.260 e. The molecule has 4 nitrogen and oxygen atoms in total. The molecule has 0 aromatic heterocycles. The first-order valence-corrected chi connectivity index (χ1v) is 9.37. The summed E-state index contributed by atoms with van der Waals surface area (Å²) in [5, 5.41) is 0. The van der Waals surface area contributed by atoms with Crippen LogP contribution in [0.4, 0.5) is 0 Å². The van der Waals surface area contributed by atoms with Crippen LogP contribution in [-0.2, 0) is 20.8 Å². The summed E-state index contributed by atoms with van der Waals surface area (Å²) in [4.78, 5) is 0.253. The van der Waals surface area contributed by atoms with Crippen LogP contribution >= 0.6 is 15.9 Å². The molecular formula is C11H14BrNO3S2. The fourth-order valence-electron chi connectivity index (χ4n) is 1.83. The van der Waals surface area contributed by atoms with Gasteiger partial charge in [-0.2, -0.15) is 0 Å². The van der Waals surface area contributed by atoms with Crippen LogP contribution in [0.3, 0.4) is 0 Å². The van der Waals surface area contributed by atoms with Crippen molar-refractivity contribution in [1.82, 2.24) is 4.72 Å². The van der Waals surface area contributed by atoms with Gasteiger partial charge in [0.25, 0.3) is 0 Å². The Bertz CT molecular complexity index is 549. The monoisotopic (exact) mass is 351 g/mol. The lowest BCUT2D eigenvalue weighted by Crippen LogP contribution is -2.39. The molecule has 1 N–H and O–H groups in total. The van der Waals surface area contributed by atoms with E-state index < -0.39 is 20.8 Å². The summed E-state index contributed by atoms with van der Waals surface area (Å²) in [6, 6.07) is 6.50. The Morgan fingerprint density at radius 2 is 1.94 bits per heavy atom. The van der Waals surface area contributed by atoms with Crippen LogP contribution in [0.15, 0.2) is 33.6 Å². The second kappa shape index (κ2) is 5.81. The fourth-order valence-corrected chi connectivity index (χ4v) is 5.03. The predicted molar refractivity (Wildman–Crippen MR) is 75.4 cm³/mol. The molecule has 1 aliphatic heterocycles. The van der Waals surface area contributed by atoms with E-state index >= 15 is 0 Å². The van der Waals surface area contributed by atoms with Gasteiger partial charge in [0.15, 0.2) is 0 Å². The third-order valence-corrected chi connectivity index (χ3v) is 6.21. The van der Waals surface area contributed by atoms with Crippen molar-refractivity contribution in [3.63, 3.8) is 0 Å². The zero-order valence-corrected chi connectivity index (χ0v) is 12.9. The average molecular weight is 352 g/mol. The Morgan fingerprint density at radius 1 is 1.28 bits per heavy atom. The summed E-state index contributed by atoms with van der Waals surface area (Å²) in [6.07, 6.45) is 1.28. The summed E-state index contributed by atoms with van der Waals surface area (Å²) in [5.41, 5.74) is 0. The Hall–Kier alpha value is -0.240. The predicted octanol–water partition coefficient (Wildman–Crippen LogP) is 1.64. The van der Waals surface area contributed by atoms with Gasteiger partial charge < -0.3 is 0 Å². The first-order valence-electron chi connectivity index (χ1n) is 5.60. The van der Waals surface area contributed by atoms with Crippen molar-refractivity contribution in [3.8, 4) is 0 Å².